The molecule has 1 heterocycles. The van der Waals surface area contributed by atoms with Gasteiger partial charge in [-0.25, -0.2) is 0 Å². The molecular weight excluding hydrogens is 433 g/mol. The first-order valence-corrected chi connectivity index (χ1v) is 9.03. The fraction of sp³-hybridized carbons (Fsp3) is 0.150. The van der Waals surface area contributed by atoms with Crippen LogP contribution in [0.3, 0.4) is 0 Å². The van der Waals surface area contributed by atoms with Gasteiger partial charge in [-0.1, -0.05) is 12.1 Å². The number of para-hydroxylation sites is 2. The van der Waals surface area contributed by atoms with Gasteiger partial charge in [-0.2, -0.15) is 23.0 Å². The van der Waals surface area contributed by atoms with Crippen molar-refractivity contribution < 1.29 is 28.0 Å². The van der Waals surface area contributed by atoms with Gasteiger partial charge in [0.05, 0.1) is 16.5 Å². The fourth-order valence-corrected chi connectivity index (χ4v) is 2.86. The third kappa shape index (κ3) is 4.74. The summed E-state index contributed by atoms with van der Waals surface area (Å²) in [6, 6.07) is 8.90. The van der Waals surface area contributed by atoms with Crippen molar-refractivity contribution in [2.24, 2.45) is 0 Å². The van der Waals surface area contributed by atoms with Crippen molar-refractivity contribution in [1.29, 1.82) is 0 Å². The fourth-order valence-electron chi connectivity index (χ4n) is 2.86. The van der Waals surface area contributed by atoms with Crippen LogP contribution in [0, 0.1) is 10.1 Å². The van der Waals surface area contributed by atoms with E-state index in [2.05, 4.69) is 10.4 Å². The summed E-state index contributed by atoms with van der Waals surface area (Å²) in [4.78, 5) is 34.8. The highest BCUT2D eigenvalue weighted by Crippen LogP contribution is 2.34. The summed E-state index contributed by atoms with van der Waals surface area (Å²) < 4.78 is 40.1. The lowest BCUT2D eigenvalue weighted by molar-refractivity contribution is -0.385. The van der Waals surface area contributed by atoms with Crippen LogP contribution < -0.4 is 10.9 Å². The monoisotopic (exact) mass is 448 g/mol. The Balaban J connectivity index is 1.92. The minimum absolute atomic E-state index is 0.0219. The Bertz CT molecular complexity index is 1260. The van der Waals surface area contributed by atoms with Crippen LogP contribution in [0.25, 0.3) is 5.69 Å². The summed E-state index contributed by atoms with van der Waals surface area (Å²) in [6.07, 6.45) is -4.82. The van der Waals surface area contributed by atoms with Gasteiger partial charge in [0.25, 0.3) is 17.2 Å². The quantitative estimate of drug-likeness (QED) is 0.455. The number of amides is 1. The molecule has 1 atom stereocenters. The lowest BCUT2D eigenvalue weighted by Gasteiger charge is -2.16. The molecule has 9 nitrogen and oxygen atoms in total. The third-order valence-electron chi connectivity index (χ3n) is 4.47. The number of hydrogen-bond acceptors (Lipinski definition) is 6. The van der Waals surface area contributed by atoms with Crippen LogP contribution in [0.5, 0.6) is 5.75 Å². The van der Waals surface area contributed by atoms with E-state index in [1.54, 1.807) is 6.07 Å². The van der Waals surface area contributed by atoms with E-state index in [-0.39, 0.29) is 22.7 Å². The van der Waals surface area contributed by atoms with Crippen molar-refractivity contribution in [3.63, 3.8) is 0 Å². The lowest BCUT2D eigenvalue weighted by Crippen LogP contribution is -2.30. The van der Waals surface area contributed by atoms with Crippen molar-refractivity contribution in [1.82, 2.24) is 15.1 Å². The van der Waals surface area contributed by atoms with Gasteiger partial charge in [0, 0.05) is 18.2 Å². The molecule has 0 spiro atoms. The van der Waals surface area contributed by atoms with Gasteiger partial charge in [-0.3, -0.25) is 19.7 Å². The van der Waals surface area contributed by atoms with Gasteiger partial charge >= 0.3 is 6.18 Å². The molecule has 0 saturated heterocycles. The number of aromatic hydroxyl groups is 1. The highest BCUT2D eigenvalue weighted by atomic mass is 19.4. The van der Waals surface area contributed by atoms with Gasteiger partial charge in [0.15, 0.2) is 0 Å². The van der Waals surface area contributed by atoms with Gasteiger partial charge in [-0.05, 0) is 36.8 Å². The maximum absolute atomic E-state index is 13.1. The molecule has 12 heteroatoms. The van der Waals surface area contributed by atoms with Gasteiger partial charge < -0.3 is 10.4 Å². The Kier molecular flexibility index (Phi) is 5.96. The standard InChI is InChI=1S/C20H15F3N4O5/c1-11(12-8-13(20(21,22)23)10-14(9-12)27(31)32)24-19(30)15-6-7-18(29)26(25-15)16-4-2-3-5-17(16)28/h2-11,28H,1H3,(H,24,30)/t11-/m1/s1. The largest absolute Gasteiger partial charge is 0.506 e. The maximum atomic E-state index is 13.1. The number of benzene rings is 2. The first kappa shape index (κ1) is 22.5. The average molecular weight is 448 g/mol. The number of hydrogen-bond donors (Lipinski definition) is 2. The smallest absolute Gasteiger partial charge is 0.416 e. The number of phenolic OH excluding ortho intramolecular Hbond substituents is 1. The number of phenols is 1. The Labute approximate surface area is 177 Å². The first-order valence-electron chi connectivity index (χ1n) is 9.03. The van der Waals surface area contributed by atoms with E-state index >= 15 is 0 Å². The van der Waals surface area contributed by atoms with E-state index in [9.17, 15) is 38.0 Å². The molecular formula is C20H15F3N4O5. The highest BCUT2D eigenvalue weighted by molar-refractivity contribution is 5.92. The number of aromatic nitrogens is 2. The molecule has 1 amide bonds. The molecule has 0 bridgehead atoms. The van der Waals surface area contributed by atoms with E-state index in [4.69, 9.17) is 0 Å². The zero-order valence-electron chi connectivity index (χ0n) is 16.3. The number of carbonyl (C=O) groups is 1. The number of nitro benzene ring substituents is 1. The molecule has 0 saturated carbocycles. The summed E-state index contributed by atoms with van der Waals surface area (Å²) in [5.74, 6) is -1.11. The van der Waals surface area contributed by atoms with Crippen LogP contribution >= 0.6 is 0 Å². The van der Waals surface area contributed by atoms with Crippen molar-refractivity contribution in [2.75, 3.05) is 0 Å². The van der Waals surface area contributed by atoms with Crippen LogP contribution in [0.15, 0.2) is 59.4 Å². The molecule has 0 radical (unpaired) electrons. The van der Waals surface area contributed by atoms with Crippen LogP contribution in [-0.2, 0) is 6.18 Å². The number of nitrogens with one attached hydrogen (secondary N) is 1. The minimum atomic E-state index is -4.82. The topological polar surface area (TPSA) is 127 Å². The van der Waals surface area contributed by atoms with Crippen LogP contribution in [-0.4, -0.2) is 25.7 Å². The third-order valence-corrected chi connectivity index (χ3v) is 4.47. The van der Waals surface area contributed by atoms with Gasteiger partial charge in [0.1, 0.15) is 17.1 Å². The molecule has 1 aromatic heterocycles. The second kappa shape index (κ2) is 8.49. The molecule has 0 aliphatic heterocycles. The number of rotatable bonds is 5. The second-order valence-electron chi connectivity index (χ2n) is 6.72. The Morgan fingerprint density at radius 1 is 1.19 bits per heavy atom. The molecule has 2 N–H and O–H groups in total. The van der Waals surface area contributed by atoms with Crippen molar-refractivity contribution >= 4 is 11.6 Å². The second-order valence-corrected chi connectivity index (χ2v) is 6.72. The molecule has 166 valence electrons. The van der Waals surface area contributed by atoms with E-state index in [1.807, 2.05) is 0 Å². The number of halogens is 3. The number of non-ortho nitro benzene ring substituents is 1. The Hall–Kier alpha value is -4.22. The van der Waals surface area contributed by atoms with E-state index < -0.39 is 39.9 Å². The summed E-state index contributed by atoms with van der Waals surface area (Å²) in [7, 11) is 0. The zero-order chi connectivity index (χ0) is 23.6. The summed E-state index contributed by atoms with van der Waals surface area (Å²) >= 11 is 0. The minimum Gasteiger partial charge on any atom is -0.506 e. The van der Waals surface area contributed by atoms with E-state index in [1.165, 1.54) is 25.1 Å². The van der Waals surface area contributed by atoms with E-state index in [0.717, 1.165) is 22.9 Å². The molecule has 3 rings (SSSR count). The zero-order valence-corrected chi connectivity index (χ0v) is 16.3. The predicted octanol–water partition coefficient (Wildman–Crippen LogP) is 3.36. The first-order chi connectivity index (χ1) is 15.0. The number of nitrogens with zero attached hydrogens (tertiary/aromatic N) is 3. The van der Waals surface area contributed by atoms with Crippen LogP contribution in [0.4, 0.5) is 18.9 Å². The molecule has 0 unspecified atom stereocenters. The number of carbonyl (C=O) groups excluding carboxylic acids is 1. The molecule has 0 aliphatic rings. The summed E-state index contributed by atoms with van der Waals surface area (Å²) in [5.41, 5.74) is -3.02. The summed E-state index contributed by atoms with van der Waals surface area (Å²) in [5, 5.41) is 27.2. The molecule has 32 heavy (non-hydrogen) atoms. The Morgan fingerprint density at radius 2 is 1.88 bits per heavy atom. The van der Waals surface area contributed by atoms with Gasteiger partial charge in [0.2, 0.25) is 0 Å². The van der Waals surface area contributed by atoms with Gasteiger partial charge in [-0.15, -0.1) is 0 Å². The number of nitro groups is 1. The Morgan fingerprint density at radius 3 is 2.50 bits per heavy atom. The molecule has 3 aromatic rings. The highest BCUT2D eigenvalue weighted by Gasteiger charge is 2.33. The van der Waals surface area contributed by atoms with E-state index in [0.29, 0.717) is 12.1 Å². The normalized spacial score (nSPS) is 12.2. The molecule has 0 aliphatic carbocycles. The predicted molar refractivity (Wildman–Crippen MR) is 105 cm³/mol. The maximum Gasteiger partial charge on any atom is 0.416 e. The van der Waals surface area contributed by atoms with Crippen molar-refractivity contribution in [3.05, 3.63) is 91.9 Å². The SMILES string of the molecule is C[C@@H](NC(=O)c1ccc(=O)n(-c2ccccc2O)n1)c1cc([N+](=O)[O-])cc(C(F)(F)F)c1. The lowest BCUT2D eigenvalue weighted by atomic mass is 10.0. The van der Waals surface area contributed by atoms with Crippen molar-refractivity contribution in [2.45, 2.75) is 19.1 Å². The van der Waals surface area contributed by atoms with Crippen LogP contribution in [0.1, 0.15) is 34.6 Å². The van der Waals surface area contributed by atoms with Crippen molar-refractivity contribution in [3.8, 4) is 11.4 Å². The molecule has 2 aromatic carbocycles. The molecule has 0 fully saturated rings. The van der Waals surface area contributed by atoms with Crippen LogP contribution in [0.2, 0.25) is 0 Å². The summed E-state index contributed by atoms with van der Waals surface area (Å²) in [6.45, 7) is 1.34. The number of alkyl halides is 3. The average Bonchev–Trinajstić information content (AvgIpc) is 2.73.